The minimum atomic E-state index is 0.637. The second kappa shape index (κ2) is 6.88. The fourth-order valence-electron chi connectivity index (χ4n) is 3.90. The smallest absolute Gasteiger partial charge is 0.0218 e. The summed E-state index contributed by atoms with van der Waals surface area (Å²) < 4.78 is 0. The second-order valence-corrected chi connectivity index (χ2v) is 6.27. The van der Waals surface area contributed by atoms with E-state index in [4.69, 9.17) is 5.73 Å². The number of hydrogen-bond acceptors (Lipinski definition) is 3. The minimum absolute atomic E-state index is 0.637. The normalized spacial score (nSPS) is 32.2. The first-order valence-corrected chi connectivity index (χ1v) is 7.90. The van der Waals surface area contributed by atoms with E-state index in [1.165, 1.54) is 58.2 Å². The zero-order valence-corrected chi connectivity index (χ0v) is 12.3. The van der Waals surface area contributed by atoms with Gasteiger partial charge < -0.3 is 10.6 Å². The maximum Gasteiger partial charge on any atom is 0.0218 e. The molecule has 3 unspecified atom stereocenters. The van der Waals surface area contributed by atoms with E-state index in [1.807, 2.05) is 0 Å². The van der Waals surface area contributed by atoms with Crippen LogP contribution < -0.4 is 5.73 Å². The fourth-order valence-corrected chi connectivity index (χ4v) is 3.90. The molecular formula is C15H31N3. The maximum absolute atomic E-state index is 5.99. The maximum atomic E-state index is 5.99. The standard InChI is InChI=1S/C15H31N3/c1-3-4-7-14(11-16)18-10-8-15-13(12-18)6-5-9-17(15)2/h13-15H,3-12,16H2,1-2H3. The van der Waals surface area contributed by atoms with Crippen molar-refractivity contribution >= 4 is 0 Å². The van der Waals surface area contributed by atoms with E-state index in [9.17, 15) is 0 Å². The second-order valence-electron chi connectivity index (χ2n) is 6.27. The summed E-state index contributed by atoms with van der Waals surface area (Å²) in [7, 11) is 2.31. The molecule has 0 bridgehead atoms. The Kier molecular flexibility index (Phi) is 5.46. The Morgan fingerprint density at radius 3 is 2.83 bits per heavy atom. The van der Waals surface area contributed by atoms with Crippen molar-refractivity contribution < 1.29 is 0 Å². The highest BCUT2D eigenvalue weighted by atomic mass is 15.2. The molecule has 0 aliphatic carbocycles. The average molecular weight is 253 g/mol. The molecule has 0 aromatic heterocycles. The molecule has 0 saturated carbocycles. The van der Waals surface area contributed by atoms with E-state index < -0.39 is 0 Å². The minimum Gasteiger partial charge on any atom is -0.329 e. The predicted molar refractivity (Wildman–Crippen MR) is 77.7 cm³/mol. The van der Waals surface area contributed by atoms with Gasteiger partial charge in [0.2, 0.25) is 0 Å². The van der Waals surface area contributed by atoms with E-state index in [2.05, 4.69) is 23.8 Å². The summed E-state index contributed by atoms with van der Waals surface area (Å²) in [6, 6.07) is 1.48. The lowest BCUT2D eigenvalue weighted by Crippen LogP contribution is -2.56. The van der Waals surface area contributed by atoms with E-state index in [1.54, 1.807) is 0 Å². The summed E-state index contributed by atoms with van der Waals surface area (Å²) in [6.07, 6.45) is 8.07. The molecule has 106 valence electrons. The molecule has 2 rings (SSSR count). The Hall–Kier alpha value is -0.120. The summed E-state index contributed by atoms with van der Waals surface area (Å²) in [5, 5.41) is 0. The van der Waals surface area contributed by atoms with Crippen molar-refractivity contribution in [3.05, 3.63) is 0 Å². The Balaban J connectivity index is 1.88. The number of unbranched alkanes of at least 4 members (excludes halogenated alkanes) is 1. The molecule has 3 heteroatoms. The van der Waals surface area contributed by atoms with Crippen molar-refractivity contribution in [2.24, 2.45) is 11.7 Å². The molecule has 0 radical (unpaired) electrons. The number of fused-ring (bicyclic) bond motifs is 1. The largest absolute Gasteiger partial charge is 0.329 e. The van der Waals surface area contributed by atoms with Crippen LogP contribution in [0.25, 0.3) is 0 Å². The van der Waals surface area contributed by atoms with Gasteiger partial charge in [0.25, 0.3) is 0 Å². The van der Waals surface area contributed by atoms with Crippen LogP contribution in [0.4, 0.5) is 0 Å². The summed E-state index contributed by atoms with van der Waals surface area (Å²) in [5.74, 6) is 0.896. The van der Waals surface area contributed by atoms with Gasteiger partial charge in [0, 0.05) is 25.2 Å². The molecule has 2 saturated heterocycles. The monoisotopic (exact) mass is 253 g/mol. The Morgan fingerprint density at radius 1 is 1.28 bits per heavy atom. The van der Waals surface area contributed by atoms with Gasteiger partial charge in [-0.25, -0.2) is 0 Å². The Morgan fingerprint density at radius 2 is 2.11 bits per heavy atom. The molecule has 2 heterocycles. The summed E-state index contributed by atoms with van der Waals surface area (Å²) >= 11 is 0. The molecule has 2 N–H and O–H groups in total. The molecule has 2 aliphatic rings. The molecule has 0 aromatic rings. The quantitative estimate of drug-likeness (QED) is 0.812. The molecule has 0 amide bonds. The van der Waals surface area contributed by atoms with Gasteiger partial charge in [-0.2, -0.15) is 0 Å². The first-order chi connectivity index (χ1) is 8.76. The van der Waals surface area contributed by atoms with Crippen LogP contribution in [-0.4, -0.2) is 55.1 Å². The van der Waals surface area contributed by atoms with Crippen LogP contribution in [0.2, 0.25) is 0 Å². The highest BCUT2D eigenvalue weighted by Crippen LogP contribution is 2.30. The van der Waals surface area contributed by atoms with E-state index in [-0.39, 0.29) is 0 Å². The van der Waals surface area contributed by atoms with E-state index >= 15 is 0 Å². The van der Waals surface area contributed by atoms with Crippen LogP contribution in [0, 0.1) is 5.92 Å². The van der Waals surface area contributed by atoms with Crippen LogP contribution in [0.1, 0.15) is 45.4 Å². The van der Waals surface area contributed by atoms with Gasteiger partial charge >= 0.3 is 0 Å². The highest BCUT2D eigenvalue weighted by molar-refractivity contribution is 4.91. The number of rotatable bonds is 5. The van der Waals surface area contributed by atoms with Crippen molar-refractivity contribution in [2.75, 3.05) is 33.2 Å². The van der Waals surface area contributed by atoms with Crippen molar-refractivity contribution in [3.8, 4) is 0 Å². The SMILES string of the molecule is CCCCC(CN)N1CCC2C(CCCN2C)C1. The zero-order chi connectivity index (χ0) is 13.0. The third kappa shape index (κ3) is 3.25. The van der Waals surface area contributed by atoms with Gasteiger partial charge in [-0.3, -0.25) is 4.90 Å². The van der Waals surface area contributed by atoms with Gasteiger partial charge in [0.1, 0.15) is 0 Å². The van der Waals surface area contributed by atoms with Crippen LogP contribution in [-0.2, 0) is 0 Å². The Bertz CT molecular complexity index is 244. The lowest BCUT2D eigenvalue weighted by Gasteiger charge is -2.48. The van der Waals surface area contributed by atoms with Gasteiger partial charge in [-0.1, -0.05) is 19.8 Å². The van der Waals surface area contributed by atoms with Crippen LogP contribution >= 0.6 is 0 Å². The number of piperidine rings is 2. The molecular weight excluding hydrogens is 222 g/mol. The molecule has 2 fully saturated rings. The van der Waals surface area contributed by atoms with Crippen molar-refractivity contribution in [2.45, 2.75) is 57.5 Å². The average Bonchev–Trinajstić information content (AvgIpc) is 2.40. The van der Waals surface area contributed by atoms with Crippen LogP contribution in [0.3, 0.4) is 0 Å². The third-order valence-corrected chi connectivity index (χ3v) is 5.06. The van der Waals surface area contributed by atoms with Crippen LogP contribution in [0.15, 0.2) is 0 Å². The predicted octanol–water partition coefficient (Wildman–Crippen LogP) is 1.92. The highest BCUT2D eigenvalue weighted by Gasteiger charge is 2.35. The Labute approximate surface area is 113 Å². The summed E-state index contributed by atoms with van der Waals surface area (Å²) in [6.45, 7) is 6.97. The molecule has 0 aromatic carbocycles. The number of nitrogens with two attached hydrogens (primary N) is 1. The van der Waals surface area contributed by atoms with Crippen LogP contribution in [0.5, 0.6) is 0 Å². The van der Waals surface area contributed by atoms with E-state index in [0.29, 0.717) is 6.04 Å². The number of nitrogens with zero attached hydrogens (tertiary/aromatic N) is 2. The van der Waals surface area contributed by atoms with Gasteiger partial charge in [-0.05, 0) is 51.7 Å². The molecule has 0 spiro atoms. The van der Waals surface area contributed by atoms with Crippen molar-refractivity contribution in [1.29, 1.82) is 0 Å². The fraction of sp³-hybridized carbons (Fsp3) is 1.00. The molecule has 3 atom stereocenters. The topological polar surface area (TPSA) is 32.5 Å². The summed E-state index contributed by atoms with van der Waals surface area (Å²) in [4.78, 5) is 5.28. The molecule has 18 heavy (non-hydrogen) atoms. The summed E-state index contributed by atoms with van der Waals surface area (Å²) in [5.41, 5.74) is 5.99. The third-order valence-electron chi connectivity index (χ3n) is 5.06. The first-order valence-electron chi connectivity index (χ1n) is 7.90. The van der Waals surface area contributed by atoms with Crippen molar-refractivity contribution in [3.63, 3.8) is 0 Å². The van der Waals surface area contributed by atoms with Crippen molar-refractivity contribution in [1.82, 2.24) is 9.80 Å². The molecule has 3 nitrogen and oxygen atoms in total. The van der Waals surface area contributed by atoms with Gasteiger partial charge in [-0.15, -0.1) is 0 Å². The van der Waals surface area contributed by atoms with E-state index in [0.717, 1.165) is 18.5 Å². The first kappa shape index (κ1) is 14.3. The lowest BCUT2D eigenvalue weighted by atomic mass is 9.83. The molecule has 2 aliphatic heterocycles. The number of hydrogen-bond donors (Lipinski definition) is 1. The van der Waals surface area contributed by atoms with Gasteiger partial charge in [0.05, 0.1) is 0 Å². The van der Waals surface area contributed by atoms with Gasteiger partial charge in [0.15, 0.2) is 0 Å². The zero-order valence-electron chi connectivity index (χ0n) is 12.3. The number of likely N-dealkylation sites (tertiary alicyclic amines) is 2. The lowest BCUT2D eigenvalue weighted by molar-refractivity contribution is 0.0196.